The summed E-state index contributed by atoms with van der Waals surface area (Å²) in [5.41, 5.74) is 0.665. The molecule has 1 aliphatic rings. The first-order valence-electron chi connectivity index (χ1n) is 7.27. The van der Waals surface area contributed by atoms with E-state index in [-0.39, 0.29) is 19.0 Å². The first kappa shape index (κ1) is 20.1. The lowest BCUT2D eigenvalue weighted by atomic mass is 10.3. The number of benzene rings is 1. The van der Waals surface area contributed by atoms with Crippen LogP contribution in [0.1, 0.15) is 25.7 Å². The molecule has 2 N–H and O–H groups in total. The van der Waals surface area contributed by atoms with Gasteiger partial charge in [0.25, 0.3) is 0 Å². The van der Waals surface area contributed by atoms with Crippen LogP contribution in [0.25, 0.3) is 0 Å². The van der Waals surface area contributed by atoms with Crippen molar-refractivity contribution in [1.82, 2.24) is 5.32 Å². The number of hydrogen-bond acceptors (Lipinski definition) is 3. The molecule has 1 aromatic rings. The Kier molecular flexibility index (Phi) is 8.22. The van der Waals surface area contributed by atoms with Crippen molar-refractivity contribution in [3.63, 3.8) is 0 Å². The van der Waals surface area contributed by atoms with E-state index in [1.165, 1.54) is 25.7 Å². The van der Waals surface area contributed by atoms with Gasteiger partial charge in [-0.1, -0.05) is 25.0 Å². The second-order valence-corrected chi connectivity index (χ2v) is 6.63. The smallest absolute Gasteiger partial charge is 0.324 e. The summed E-state index contributed by atoms with van der Waals surface area (Å²) in [4.78, 5) is 12.7. The van der Waals surface area contributed by atoms with Gasteiger partial charge in [-0.25, -0.2) is 0 Å². The summed E-state index contributed by atoms with van der Waals surface area (Å²) >= 11 is 1.73. The molecule has 3 nitrogen and oxygen atoms in total. The van der Waals surface area contributed by atoms with Gasteiger partial charge in [0.15, 0.2) is 0 Å². The third-order valence-corrected chi connectivity index (χ3v) is 4.78. The van der Waals surface area contributed by atoms with Crippen LogP contribution in [0.5, 0.6) is 0 Å². The van der Waals surface area contributed by atoms with Gasteiger partial charge in [-0.15, -0.1) is 24.2 Å². The Hall–Kier alpha value is -0.920. The SMILES string of the molecule is Cl.O=C(CNCC(F)(F)F)Nc1ccccc1SC1CCCC1. The van der Waals surface area contributed by atoms with E-state index in [0.29, 0.717) is 10.9 Å². The Morgan fingerprint density at radius 3 is 2.52 bits per heavy atom. The Bertz CT molecular complexity index is 508. The van der Waals surface area contributed by atoms with Crippen LogP contribution in [0.4, 0.5) is 18.9 Å². The number of halogens is 4. The fourth-order valence-electron chi connectivity index (χ4n) is 2.37. The van der Waals surface area contributed by atoms with Crippen molar-refractivity contribution in [2.45, 2.75) is 42.0 Å². The number of para-hydroxylation sites is 1. The fraction of sp³-hybridized carbons (Fsp3) is 0.533. The number of carbonyl (C=O) groups excluding carboxylic acids is 1. The van der Waals surface area contributed by atoms with Crippen molar-refractivity contribution in [1.29, 1.82) is 0 Å². The lowest BCUT2D eigenvalue weighted by Gasteiger charge is -2.14. The normalized spacial score (nSPS) is 15.3. The maximum absolute atomic E-state index is 12.0. The molecule has 8 heteroatoms. The Labute approximate surface area is 144 Å². The highest BCUT2D eigenvalue weighted by atomic mass is 35.5. The summed E-state index contributed by atoms with van der Waals surface area (Å²) in [6.45, 7) is -1.53. The first-order valence-corrected chi connectivity index (χ1v) is 8.15. The minimum Gasteiger partial charge on any atom is -0.324 e. The molecule has 0 unspecified atom stereocenters. The third kappa shape index (κ3) is 7.46. The van der Waals surface area contributed by atoms with Crippen LogP contribution in [-0.4, -0.2) is 30.4 Å². The monoisotopic (exact) mass is 368 g/mol. The molecule has 23 heavy (non-hydrogen) atoms. The molecule has 1 saturated carbocycles. The molecular formula is C15H20ClF3N2OS. The van der Waals surface area contributed by atoms with Gasteiger partial charge < -0.3 is 10.6 Å². The molecule has 1 aromatic carbocycles. The van der Waals surface area contributed by atoms with Gasteiger partial charge in [-0.2, -0.15) is 13.2 Å². The van der Waals surface area contributed by atoms with Gasteiger partial charge in [0.05, 0.1) is 18.8 Å². The summed E-state index contributed by atoms with van der Waals surface area (Å²) in [6.07, 6.45) is 0.484. The average Bonchev–Trinajstić information content (AvgIpc) is 2.92. The lowest BCUT2D eigenvalue weighted by Crippen LogP contribution is -2.35. The molecule has 0 atom stereocenters. The number of anilines is 1. The van der Waals surface area contributed by atoms with Gasteiger partial charge in [-0.05, 0) is 25.0 Å². The topological polar surface area (TPSA) is 41.1 Å². The number of amides is 1. The molecular weight excluding hydrogens is 349 g/mol. The summed E-state index contributed by atoms with van der Waals surface area (Å²) < 4.78 is 36.1. The second kappa shape index (κ2) is 9.39. The van der Waals surface area contributed by atoms with Crippen molar-refractivity contribution < 1.29 is 18.0 Å². The number of hydrogen-bond donors (Lipinski definition) is 2. The van der Waals surface area contributed by atoms with Crippen LogP contribution in [0.2, 0.25) is 0 Å². The molecule has 0 aromatic heterocycles. The summed E-state index contributed by atoms with van der Waals surface area (Å²) in [5.74, 6) is -0.469. The second-order valence-electron chi connectivity index (χ2n) is 5.29. The highest BCUT2D eigenvalue weighted by molar-refractivity contribution is 8.00. The van der Waals surface area contributed by atoms with Gasteiger partial charge >= 0.3 is 6.18 Å². The molecule has 1 amide bonds. The standard InChI is InChI=1S/C15H19F3N2OS.ClH/c16-15(17,18)10-19-9-14(21)20-12-7-3-4-8-13(12)22-11-5-1-2-6-11;/h3-4,7-8,11,19H,1-2,5-6,9-10H2,(H,20,21);1H. The predicted molar refractivity (Wildman–Crippen MR) is 89.4 cm³/mol. The van der Waals surface area contributed by atoms with E-state index in [2.05, 4.69) is 10.6 Å². The fourth-order valence-corrected chi connectivity index (χ4v) is 3.70. The van der Waals surface area contributed by atoms with Crippen LogP contribution < -0.4 is 10.6 Å². The molecule has 1 aliphatic carbocycles. The minimum absolute atomic E-state index is 0. The summed E-state index contributed by atoms with van der Waals surface area (Å²) in [6, 6.07) is 7.41. The van der Waals surface area contributed by atoms with Crippen molar-refractivity contribution in [3.05, 3.63) is 24.3 Å². The van der Waals surface area contributed by atoms with E-state index in [9.17, 15) is 18.0 Å². The van der Waals surface area contributed by atoms with Crippen molar-refractivity contribution in [2.24, 2.45) is 0 Å². The van der Waals surface area contributed by atoms with Crippen molar-refractivity contribution >= 4 is 35.8 Å². The average molecular weight is 369 g/mol. The zero-order valence-corrected chi connectivity index (χ0v) is 14.1. The zero-order chi connectivity index (χ0) is 16.0. The van der Waals surface area contributed by atoms with Gasteiger partial charge in [0.1, 0.15) is 0 Å². The molecule has 0 bridgehead atoms. The van der Waals surface area contributed by atoms with E-state index in [0.717, 1.165) is 4.90 Å². The molecule has 0 saturated heterocycles. The number of rotatable bonds is 6. The molecule has 0 radical (unpaired) electrons. The number of alkyl halides is 3. The number of carbonyl (C=O) groups is 1. The maximum atomic E-state index is 12.0. The molecule has 0 aliphatic heterocycles. The van der Waals surface area contributed by atoms with E-state index < -0.39 is 18.6 Å². The molecule has 1 fully saturated rings. The molecule has 0 spiro atoms. The molecule has 0 heterocycles. The number of thioether (sulfide) groups is 1. The molecule has 2 rings (SSSR count). The van der Waals surface area contributed by atoms with Gasteiger partial charge in [0.2, 0.25) is 5.91 Å². The van der Waals surface area contributed by atoms with Crippen molar-refractivity contribution in [2.75, 3.05) is 18.4 Å². The summed E-state index contributed by atoms with van der Waals surface area (Å²) in [7, 11) is 0. The van der Waals surface area contributed by atoms with Crippen LogP contribution in [0.3, 0.4) is 0 Å². The van der Waals surface area contributed by atoms with Crippen LogP contribution in [-0.2, 0) is 4.79 Å². The van der Waals surface area contributed by atoms with Gasteiger partial charge in [-0.3, -0.25) is 4.79 Å². The minimum atomic E-state index is -4.31. The maximum Gasteiger partial charge on any atom is 0.401 e. The van der Waals surface area contributed by atoms with E-state index >= 15 is 0 Å². The quantitative estimate of drug-likeness (QED) is 0.789. The number of nitrogens with one attached hydrogen (secondary N) is 2. The Balaban J connectivity index is 0.00000264. The molecule has 130 valence electrons. The highest BCUT2D eigenvalue weighted by Crippen LogP contribution is 2.37. The largest absolute Gasteiger partial charge is 0.401 e. The first-order chi connectivity index (χ1) is 10.4. The Morgan fingerprint density at radius 2 is 1.87 bits per heavy atom. The van der Waals surface area contributed by atoms with Gasteiger partial charge in [0, 0.05) is 10.1 Å². The lowest BCUT2D eigenvalue weighted by molar-refractivity contribution is -0.126. The van der Waals surface area contributed by atoms with Crippen LogP contribution in [0, 0.1) is 0 Å². The summed E-state index contributed by atoms with van der Waals surface area (Å²) in [5, 5.41) is 5.33. The van der Waals surface area contributed by atoms with Crippen LogP contribution >= 0.6 is 24.2 Å². The van der Waals surface area contributed by atoms with Crippen LogP contribution in [0.15, 0.2) is 29.2 Å². The van der Waals surface area contributed by atoms with E-state index in [1.807, 2.05) is 12.1 Å². The zero-order valence-electron chi connectivity index (χ0n) is 12.5. The van der Waals surface area contributed by atoms with Crippen molar-refractivity contribution in [3.8, 4) is 0 Å². The van der Waals surface area contributed by atoms with E-state index in [4.69, 9.17) is 0 Å². The highest BCUT2D eigenvalue weighted by Gasteiger charge is 2.26. The van der Waals surface area contributed by atoms with E-state index in [1.54, 1.807) is 23.9 Å². The third-order valence-electron chi connectivity index (χ3n) is 3.37. The Morgan fingerprint density at radius 1 is 1.22 bits per heavy atom. The predicted octanol–water partition coefficient (Wildman–Crippen LogP) is 4.23.